The average Bonchev–Trinajstić information content (AvgIpc) is 3.37. The lowest BCUT2D eigenvalue weighted by atomic mass is 9.91. The summed E-state index contributed by atoms with van der Waals surface area (Å²) in [7, 11) is 0. The molecule has 0 heterocycles. The minimum absolute atomic E-state index is 0.458. The minimum Gasteiger partial charge on any atom is -0.381 e. The van der Waals surface area contributed by atoms with Gasteiger partial charge in [0.2, 0.25) is 0 Å². The molecule has 1 saturated carbocycles. The Hall–Kier alpha value is -0.0400. The van der Waals surface area contributed by atoms with Crippen molar-refractivity contribution in [3.05, 3.63) is 0 Å². The van der Waals surface area contributed by atoms with Crippen molar-refractivity contribution in [1.82, 2.24) is 0 Å². The van der Waals surface area contributed by atoms with Crippen LogP contribution in [0.15, 0.2) is 0 Å². The van der Waals surface area contributed by atoms with Gasteiger partial charge in [-0.05, 0) is 30.6 Å². The van der Waals surface area contributed by atoms with Gasteiger partial charge in [-0.1, -0.05) is 111 Å². The monoisotopic (exact) mass is 352 g/mol. The fourth-order valence-electron chi connectivity index (χ4n) is 3.62. The zero-order valence-electron chi connectivity index (χ0n) is 17.9. The van der Waals surface area contributed by atoms with Crippen molar-refractivity contribution in [2.75, 3.05) is 13.2 Å². The first-order valence-electron chi connectivity index (χ1n) is 11.7. The normalized spacial score (nSPS) is 15.0. The summed E-state index contributed by atoms with van der Waals surface area (Å²) in [5.41, 5.74) is 0.458. The van der Waals surface area contributed by atoms with Crippen LogP contribution in [0.2, 0.25) is 0 Å². The third kappa shape index (κ3) is 18.5. The van der Waals surface area contributed by atoms with Gasteiger partial charge in [-0.25, -0.2) is 0 Å². The number of unbranched alkanes of at least 4 members (excludes halogenated alkanes) is 11. The van der Waals surface area contributed by atoms with Gasteiger partial charge in [0.1, 0.15) is 0 Å². The molecule has 0 spiro atoms. The van der Waals surface area contributed by atoms with Crippen LogP contribution < -0.4 is 0 Å². The molecule has 0 N–H and O–H groups in total. The van der Waals surface area contributed by atoms with Gasteiger partial charge in [-0.15, -0.1) is 0 Å². The molecule has 1 aliphatic rings. The van der Waals surface area contributed by atoms with E-state index >= 15 is 0 Å². The molecule has 0 atom stereocenters. The molecule has 1 aliphatic carbocycles. The lowest BCUT2D eigenvalue weighted by Crippen LogP contribution is -2.07. The highest BCUT2D eigenvalue weighted by molar-refractivity contribution is 4.72. The molecule has 0 amide bonds. The topological polar surface area (TPSA) is 9.23 Å². The molecule has 0 unspecified atom stereocenters. The SMILES string of the molecule is CC(C)(C)CCCOCCCCCCCCCCCCCCC1CC1. The second-order valence-electron chi connectivity index (χ2n) is 9.75. The Balaban J connectivity index is 1.62. The molecule has 1 rings (SSSR count). The van der Waals surface area contributed by atoms with Gasteiger partial charge in [0.05, 0.1) is 0 Å². The van der Waals surface area contributed by atoms with Crippen molar-refractivity contribution < 1.29 is 4.74 Å². The van der Waals surface area contributed by atoms with Crippen LogP contribution in [0.25, 0.3) is 0 Å². The maximum absolute atomic E-state index is 5.75. The Morgan fingerprint density at radius 1 is 0.600 bits per heavy atom. The summed E-state index contributed by atoms with van der Waals surface area (Å²) in [6.07, 6.45) is 24.4. The van der Waals surface area contributed by atoms with Crippen LogP contribution in [-0.2, 0) is 4.74 Å². The molecule has 0 aliphatic heterocycles. The maximum Gasteiger partial charge on any atom is 0.0466 e. The van der Waals surface area contributed by atoms with Crippen LogP contribution in [-0.4, -0.2) is 13.2 Å². The Labute approximate surface area is 159 Å². The summed E-state index contributed by atoms with van der Waals surface area (Å²) in [6, 6.07) is 0. The second kappa shape index (κ2) is 15.1. The van der Waals surface area contributed by atoms with Crippen LogP contribution in [0, 0.1) is 11.3 Å². The quantitative estimate of drug-likeness (QED) is 0.225. The van der Waals surface area contributed by atoms with Crippen LogP contribution in [0.5, 0.6) is 0 Å². The van der Waals surface area contributed by atoms with Crippen LogP contribution in [0.1, 0.15) is 130 Å². The lowest BCUT2D eigenvalue weighted by molar-refractivity contribution is 0.118. The molecule has 0 aromatic heterocycles. The molecule has 0 saturated heterocycles. The van der Waals surface area contributed by atoms with Crippen molar-refractivity contribution in [1.29, 1.82) is 0 Å². The van der Waals surface area contributed by atoms with E-state index in [1.807, 2.05) is 0 Å². The van der Waals surface area contributed by atoms with E-state index in [1.165, 1.54) is 109 Å². The van der Waals surface area contributed by atoms with E-state index in [4.69, 9.17) is 4.74 Å². The molecule has 25 heavy (non-hydrogen) atoms. The highest BCUT2D eigenvalue weighted by Gasteiger charge is 2.19. The fraction of sp³-hybridized carbons (Fsp3) is 1.00. The third-order valence-electron chi connectivity index (χ3n) is 5.56. The Kier molecular flexibility index (Phi) is 13.9. The number of hydrogen-bond acceptors (Lipinski definition) is 1. The highest BCUT2D eigenvalue weighted by atomic mass is 16.5. The van der Waals surface area contributed by atoms with Crippen molar-refractivity contribution in [2.45, 2.75) is 130 Å². The number of hydrogen-bond donors (Lipinski definition) is 0. The molecule has 0 aromatic carbocycles. The van der Waals surface area contributed by atoms with Gasteiger partial charge >= 0.3 is 0 Å². The van der Waals surface area contributed by atoms with Gasteiger partial charge in [-0.2, -0.15) is 0 Å². The van der Waals surface area contributed by atoms with E-state index in [1.54, 1.807) is 0 Å². The smallest absolute Gasteiger partial charge is 0.0466 e. The highest BCUT2D eigenvalue weighted by Crippen LogP contribution is 2.34. The predicted molar refractivity (Wildman–Crippen MR) is 112 cm³/mol. The van der Waals surface area contributed by atoms with Gasteiger partial charge in [0.15, 0.2) is 0 Å². The summed E-state index contributed by atoms with van der Waals surface area (Å²) in [4.78, 5) is 0. The molecule has 1 heteroatoms. The molecule has 1 nitrogen and oxygen atoms in total. The predicted octanol–water partition coefficient (Wildman–Crippen LogP) is 8.31. The van der Waals surface area contributed by atoms with E-state index in [0.717, 1.165) is 19.1 Å². The molecular weight excluding hydrogens is 304 g/mol. The van der Waals surface area contributed by atoms with Crippen molar-refractivity contribution in [3.8, 4) is 0 Å². The van der Waals surface area contributed by atoms with Crippen molar-refractivity contribution >= 4 is 0 Å². The number of rotatable bonds is 18. The second-order valence-corrected chi connectivity index (χ2v) is 9.75. The largest absolute Gasteiger partial charge is 0.381 e. The first-order chi connectivity index (χ1) is 12.1. The maximum atomic E-state index is 5.75. The van der Waals surface area contributed by atoms with E-state index in [0.29, 0.717) is 5.41 Å². The summed E-state index contributed by atoms with van der Waals surface area (Å²) >= 11 is 0. The van der Waals surface area contributed by atoms with Gasteiger partial charge < -0.3 is 4.74 Å². The molecular formula is C24H48O. The summed E-state index contributed by atoms with van der Waals surface area (Å²) < 4.78 is 5.75. The first kappa shape index (κ1) is 23.0. The van der Waals surface area contributed by atoms with Crippen molar-refractivity contribution in [2.24, 2.45) is 11.3 Å². The van der Waals surface area contributed by atoms with E-state index in [9.17, 15) is 0 Å². The van der Waals surface area contributed by atoms with E-state index in [2.05, 4.69) is 20.8 Å². The van der Waals surface area contributed by atoms with Crippen LogP contribution >= 0.6 is 0 Å². The fourth-order valence-corrected chi connectivity index (χ4v) is 3.62. The minimum atomic E-state index is 0.458. The van der Waals surface area contributed by atoms with Crippen LogP contribution in [0.3, 0.4) is 0 Å². The summed E-state index contributed by atoms with van der Waals surface area (Å²) in [5, 5.41) is 0. The Bertz CT molecular complexity index is 274. The molecule has 0 radical (unpaired) electrons. The molecule has 0 aromatic rings. The Morgan fingerprint density at radius 2 is 1.04 bits per heavy atom. The first-order valence-corrected chi connectivity index (χ1v) is 11.7. The molecule has 0 bridgehead atoms. The van der Waals surface area contributed by atoms with E-state index < -0.39 is 0 Å². The third-order valence-corrected chi connectivity index (χ3v) is 5.56. The van der Waals surface area contributed by atoms with Gasteiger partial charge in [0, 0.05) is 13.2 Å². The lowest BCUT2D eigenvalue weighted by Gasteiger charge is -2.17. The van der Waals surface area contributed by atoms with Crippen molar-refractivity contribution in [3.63, 3.8) is 0 Å². The molecule has 150 valence electrons. The average molecular weight is 353 g/mol. The summed E-state index contributed by atoms with van der Waals surface area (Å²) in [5.74, 6) is 1.14. The van der Waals surface area contributed by atoms with Gasteiger partial charge in [-0.3, -0.25) is 0 Å². The zero-order chi connectivity index (χ0) is 18.2. The number of ether oxygens (including phenoxy) is 1. The van der Waals surface area contributed by atoms with Crippen LogP contribution in [0.4, 0.5) is 0 Å². The summed E-state index contributed by atoms with van der Waals surface area (Å²) in [6.45, 7) is 8.86. The Morgan fingerprint density at radius 3 is 1.52 bits per heavy atom. The van der Waals surface area contributed by atoms with E-state index in [-0.39, 0.29) is 0 Å². The zero-order valence-corrected chi connectivity index (χ0v) is 17.9. The molecule has 1 fully saturated rings. The standard InChI is InChI=1S/C24H48O/c1-24(2,3)20-16-22-25-21-15-13-11-9-7-5-4-6-8-10-12-14-17-23-18-19-23/h23H,4-22H2,1-3H3. The van der Waals surface area contributed by atoms with Gasteiger partial charge in [0.25, 0.3) is 0 Å².